The summed E-state index contributed by atoms with van der Waals surface area (Å²) >= 11 is 0. The van der Waals surface area contributed by atoms with Gasteiger partial charge in [0.05, 0.1) is 18.4 Å². The molecule has 1 N–H and O–H groups in total. The third-order valence-corrected chi connectivity index (χ3v) is 4.61. The van der Waals surface area contributed by atoms with Crippen molar-refractivity contribution in [1.29, 1.82) is 0 Å². The van der Waals surface area contributed by atoms with E-state index in [-0.39, 0.29) is 5.91 Å². The van der Waals surface area contributed by atoms with Crippen molar-refractivity contribution in [3.05, 3.63) is 96.3 Å². The van der Waals surface area contributed by atoms with E-state index in [1.807, 2.05) is 53.3 Å². The number of aromatic nitrogens is 2. The Labute approximate surface area is 158 Å². The normalized spacial score (nSPS) is 10.8. The van der Waals surface area contributed by atoms with Gasteiger partial charge >= 0.3 is 0 Å². The molecule has 0 bridgehead atoms. The van der Waals surface area contributed by atoms with Crippen molar-refractivity contribution in [2.24, 2.45) is 0 Å². The molecule has 27 heavy (non-hydrogen) atoms. The largest absolute Gasteiger partial charge is 0.323 e. The summed E-state index contributed by atoms with van der Waals surface area (Å²) in [6.07, 6.45) is 4.77. The average Bonchev–Trinajstić information content (AvgIpc) is 3.14. The van der Waals surface area contributed by atoms with Crippen LogP contribution in [0.3, 0.4) is 0 Å². The van der Waals surface area contributed by atoms with E-state index in [1.165, 1.54) is 21.9 Å². The Morgan fingerprint density at radius 1 is 0.926 bits per heavy atom. The number of carbonyl (C=O) groups excluding carboxylic acids is 1. The van der Waals surface area contributed by atoms with Crippen LogP contribution in [0.1, 0.15) is 17.5 Å². The third kappa shape index (κ3) is 4.23. The van der Waals surface area contributed by atoms with E-state index < -0.39 is 0 Å². The minimum Gasteiger partial charge on any atom is -0.323 e. The molecule has 4 heteroatoms. The van der Waals surface area contributed by atoms with E-state index in [2.05, 4.69) is 40.7 Å². The summed E-state index contributed by atoms with van der Waals surface area (Å²) in [5.41, 5.74) is 3.10. The van der Waals surface area contributed by atoms with Crippen LogP contribution in [0.25, 0.3) is 10.8 Å². The summed E-state index contributed by atoms with van der Waals surface area (Å²) < 4.78 is 1.86. The van der Waals surface area contributed by atoms with Gasteiger partial charge in [-0.2, -0.15) is 5.10 Å². The smallest absolute Gasteiger partial charge is 0.224 e. The number of benzene rings is 3. The molecule has 0 aliphatic heterocycles. The highest BCUT2D eigenvalue weighted by atomic mass is 16.1. The van der Waals surface area contributed by atoms with Gasteiger partial charge in [-0.05, 0) is 28.3 Å². The highest BCUT2D eigenvalue weighted by Gasteiger charge is 2.07. The van der Waals surface area contributed by atoms with Crippen molar-refractivity contribution in [2.45, 2.75) is 19.4 Å². The van der Waals surface area contributed by atoms with Gasteiger partial charge in [0.15, 0.2) is 0 Å². The van der Waals surface area contributed by atoms with Crippen LogP contribution in [-0.4, -0.2) is 15.7 Å². The van der Waals surface area contributed by atoms with E-state index in [4.69, 9.17) is 0 Å². The molecule has 1 amide bonds. The Bertz CT molecular complexity index is 1050. The molecular formula is C23H21N3O. The molecule has 3 aromatic carbocycles. The molecule has 0 aliphatic rings. The molecule has 1 heterocycles. The van der Waals surface area contributed by atoms with Crippen molar-refractivity contribution in [2.75, 3.05) is 5.32 Å². The molecule has 4 nitrogen and oxygen atoms in total. The first-order valence-electron chi connectivity index (χ1n) is 9.11. The lowest BCUT2D eigenvalue weighted by Gasteiger charge is -2.06. The number of carbonyl (C=O) groups is 1. The molecule has 4 rings (SSSR count). The number of aryl methyl sites for hydroxylation is 1. The molecule has 0 unspecified atom stereocenters. The second-order valence-corrected chi connectivity index (χ2v) is 6.60. The van der Waals surface area contributed by atoms with Crippen molar-refractivity contribution < 1.29 is 4.79 Å². The Morgan fingerprint density at radius 3 is 2.59 bits per heavy atom. The lowest BCUT2D eigenvalue weighted by molar-refractivity contribution is -0.116. The van der Waals surface area contributed by atoms with Gasteiger partial charge in [0.2, 0.25) is 5.91 Å². The Morgan fingerprint density at radius 2 is 1.70 bits per heavy atom. The summed E-state index contributed by atoms with van der Waals surface area (Å²) in [5, 5.41) is 9.77. The fourth-order valence-corrected chi connectivity index (χ4v) is 3.25. The quantitative estimate of drug-likeness (QED) is 0.547. The molecule has 1 aromatic heterocycles. The number of amides is 1. The molecule has 0 saturated heterocycles. The first-order valence-corrected chi connectivity index (χ1v) is 9.11. The molecule has 0 aliphatic carbocycles. The van der Waals surface area contributed by atoms with Crippen LogP contribution in [0, 0.1) is 0 Å². The SMILES string of the molecule is O=C(CCc1ccccc1)Nc1cnn(Cc2cccc3ccccc23)c1. The highest BCUT2D eigenvalue weighted by Crippen LogP contribution is 2.19. The van der Waals surface area contributed by atoms with Crippen LogP contribution in [0.5, 0.6) is 0 Å². The zero-order valence-electron chi connectivity index (χ0n) is 15.0. The Balaban J connectivity index is 1.39. The first-order chi connectivity index (χ1) is 13.3. The third-order valence-electron chi connectivity index (χ3n) is 4.61. The van der Waals surface area contributed by atoms with Crippen LogP contribution in [0.15, 0.2) is 85.2 Å². The molecule has 0 fully saturated rings. The number of anilines is 1. The van der Waals surface area contributed by atoms with E-state index in [9.17, 15) is 4.79 Å². The molecule has 0 atom stereocenters. The van der Waals surface area contributed by atoms with E-state index in [0.717, 1.165) is 12.1 Å². The maximum atomic E-state index is 12.2. The monoisotopic (exact) mass is 355 g/mol. The van der Waals surface area contributed by atoms with E-state index in [1.54, 1.807) is 6.20 Å². The van der Waals surface area contributed by atoms with Gasteiger partial charge in [0.25, 0.3) is 0 Å². The van der Waals surface area contributed by atoms with Gasteiger partial charge in [-0.3, -0.25) is 9.48 Å². The molecule has 4 aromatic rings. The maximum absolute atomic E-state index is 12.2. The predicted molar refractivity (Wildman–Crippen MR) is 109 cm³/mol. The fourth-order valence-electron chi connectivity index (χ4n) is 3.25. The van der Waals surface area contributed by atoms with Crippen LogP contribution < -0.4 is 5.32 Å². The first kappa shape index (κ1) is 17.0. The zero-order valence-corrected chi connectivity index (χ0v) is 15.0. The van der Waals surface area contributed by atoms with Gasteiger partial charge in [0, 0.05) is 12.6 Å². The minimum absolute atomic E-state index is 0.00330. The van der Waals surface area contributed by atoms with Gasteiger partial charge in [-0.25, -0.2) is 0 Å². The number of fused-ring (bicyclic) bond motifs is 1. The predicted octanol–water partition coefficient (Wildman–Crippen LogP) is 4.66. The highest BCUT2D eigenvalue weighted by molar-refractivity contribution is 5.90. The molecular weight excluding hydrogens is 334 g/mol. The average molecular weight is 355 g/mol. The standard InChI is InChI=1S/C23H21N3O/c27-23(14-13-18-7-2-1-3-8-18)25-21-15-24-26(17-21)16-20-11-6-10-19-9-4-5-12-22(19)20/h1-12,15,17H,13-14,16H2,(H,25,27). The van der Waals surface area contributed by atoms with E-state index >= 15 is 0 Å². The second-order valence-electron chi connectivity index (χ2n) is 6.60. The summed E-state index contributed by atoms with van der Waals surface area (Å²) in [4.78, 5) is 12.2. The van der Waals surface area contributed by atoms with Crippen molar-refractivity contribution in [3.63, 3.8) is 0 Å². The van der Waals surface area contributed by atoms with Gasteiger partial charge in [0.1, 0.15) is 0 Å². The number of nitrogens with zero attached hydrogens (tertiary/aromatic N) is 2. The van der Waals surface area contributed by atoms with Crippen molar-refractivity contribution >= 4 is 22.4 Å². The van der Waals surface area contributed by atoms with Gasteiger partial charge in [-0.1, -0.05) is 72.8 Å². The zero-order chi connectivity index (χ0) is 18.5. The van der Waals surface area contributed by atoms with Crippen LogP contribution in [0.2, 0.25) is 0 Å². The molecule has 134 valence electrons. The summed E-state index contributed by atoms with van der Waals surface area (Å²) in [6, 6.07) is 24.7. The van der Waals surface area contributed by atoms with E-state index in [0.29, 0.717) is 13.0 Å². The van der Waals surface area contributed by atoms with Crippen molar-refractivity contribution in [3.8, 4) is 0 Å². The Kier molecular flexibility index (Phi) is 4.97. The number of nitrogens with one attached hydrogen (secondary N) is 1. The second kappa shape index (κ2) is 7.87. The summed E-state index contributed by atoms with van der Waals surface area (Å²) in [7, 11) is 0. The van der Waals surface area contributed by atoms with Gasteiger partial charge < -0.3 is 5.32 Å². The number of hydrogen-bond donors (Lipinski definition) is 1. The topological polar surface area (TPSA) is 46.9 Å². The maximum Gasteiger partial charge on any atom is 0.224 e. The van der Waals surface area contributed by atoms with Crippen LogP contribution in [0.4, 0.5) is 5.69 Å². The lowest BCUT2D eigenvalue weighted by atomic mass is 10.0. The van der Waals surface area contributed by atoms with Crippen LogP contribution >= 0.6 is 0 Å². The summed E-state index contributed by atoms with van der Waals surface area (Å²) in [5.74, 6) is 0.00330. The number of rotatable bonds is 6. The lowest BCUT2D eigenvalue weighted by Crippen LogP contribution is -2.11. The Hall–Kier alpha value is -3.40. The fraction of sp³-hybridized carbons (Fsp3) is 0.130. The molecule has 0 radical (unpaired) electrons. The van der Waals surface area contributed by atoms with Gasteiger partial charge in [-0.15, -0.1) is 0 Å². The van der Waals surface area contributed by atoms with Crippen LogP contribution in [-0.2, 0) is 17.8 Å². The molecule has 0 spiro atoms. The molecule has 0 saturated carbocycles. The minimum atomic E-state index is 0.00330. The number of hydrogen-bond acceptors (Lipinski definition) is 2. The van der Waals surface area contributed by atoms with Crippen molar-refractivity contribution in [1.82, 2.24) is 9.78 Å². The summed E-state index contributed by atoms with van der Waals surface area (Å²) in [6.45, 7) is 0.668.